The highest BCUT2D eigenvalue weighted by atomic mass is 16.4. The smallest absolute Gasteiger partial charge is 0.335 e. The molecule has 1 heterocycles. The van der Waals surface area contributed by atoms with Crippen molar-refractivity contribution < 1.29 is 9.90 Å². The van der Waals surface area contributed by atoms with Crippen LogP contribution in [0, 0.1) is 6.92 Å². The summed E-state index contributed by atoms with van der Waals surface area (Å²) in [7, 11) is 0. The number of nitrogens with one attached hydrogen (secondary N) is 1. The van der Waals surface area contributed by atoms with Crippen LogP contribution >= 0.6 is 0 Å². The molecule has 2 aromatic carbocycles. The van der Waals surface area contributed by atoms with E-state index in [1.807, 2.05) is 31.2 Å². The van der Waals surface area contributed by atoms with Gasteiger partial charge in [0.15, 0.2) is 0 Å². The number of anilines is 2. The number of carbonyl (C=O) groups is 1. The highest BCUT2D eigenvalue weighted by Gasteiger charge is 2.08. The maximum Gasteiger partial charge on any atom is 0.335 e. The number of hydrogen-bond acceptors (Lipinski definition) is 4. The molecule has 0 radical (unpaired) electrons. The van der Waals surface area contributed by atoms with Crippen LogP contribution in [-0.4, -0.2) is 21.3 Å². The van der Waals surface area contributed by atoms with Crippen LogP contribution in [0.1, 0.15) is 16.1 Å². The number of aromatic nitrogens is 2. The molecule has 3 aromatic rings. The minimum atomic E-state index is -0.936. The molecule has 5 heteroatoms. The summed E-state index contributed by atoms with van der Waals surface area (Å²) in [5, 5.41) is 21.5. The van der Waals surface area contributed by atoms with E-state index in [9.17, 15) is 4.79 Å². The predicted molar refractivity (Wildman–Crippen MR) is 81.0 cm³/mol. The number of fused-ring (bicyclic) bond motifs is 1. The highest BCUT2D eigenvalue weighted by molar-refractivity contribution is 5.94. The third-order valence-corrected chi connectivity index (χ3v) is 3.24. The van der Waals surface area contributed by atoms with Gasteiger partial charge in [-0.1, -0.05) is 18.2 Å². The molecule has 0 saturated heterocycles. The highest BCUT2D eigenvalue weighted by Crippen LogP contribution is 2.27. The summed E-state index contributed by atoms with van der Waals surface area (Å²) in [4.78, 5) is 10.9. The molecule has 104 valence electrons. The van der Waals surface area contributed by atoms with Crippen molar-refractivity contribution in [2.24, 2.45) is 0 Å². The van der Waals surface area contributed by atoms with Crippen LogP contribution in [0.3, 0.4) is 0 Å². The minimum absolute atomic E-state index is 0.259. The SMILES string of the molecule is Cc1nnc2ccccc2c1Nc1ccc(C(=O)O)cc1. The average molecular weight is 279 g/mol. The topological polar surface area (TPSA) is 75.1 Å². The Morgan fingerprint density at radius 3 is 2.48 bits per heavy atom. The molecule has 5 nitrogen and oxygen atoms in total. The van der Waals surface area contributed by atoms with Crippen LogP contribution in [0.25, 0.3) is 10.9 Å². The van der Waals surface area contributed by atoms with E-state index < -0.39 is 5.97 Å². The summed E-state index contributed by atoms with van der Waals surface area (Å²) >= 11 is 0. The van der Waals surface area contributed by atoms with E-state index >= 15 is 0 Å². The Morgan fingerprint density at radius 1 is 1.05 bits per heavy atom. The second-order valence-electron chi connectivity index (χ2n) is 4.69. The third-order valence-electron chi connectivity index (χ3n) is 3.24. The van der Waals surface area contributed by atoms with Crippen molar-refractivity contribution in [2.45, 2.75) is 6.92 Å². The molecule has 0 aliphatic carbocycles. The lowest BCUT2D eigenvalue weighted by molar-refractivity contribution is 0.0697. The standard InChI is InChI=1S/C16H13N3O2/c1-10-15(13-4-2-3-5-14(13)19-18-10)17-12-8-6-11(7-9-12)16(20)21/h2-9H,1H3,(H,17,19)(H,20,21). The molecule has 0 amide bonds. The van der Waals surface area contributed by atoms with Gasteiger partial charge in [-0.2, -0.15) is 10.2 Å². The normalized spacial score (nSPS) is 10.5. The van der Waals surface area contributed by atoms with Crippen molar-refractivity contribution in [1.82, 2.24) is 10.2 Å². The lowest BCUT2D eigenvalue weighted by Gasteiger charge is -2.11. The van der Waals surface area contributed by atoms with Crippen molar-refractivity contribution in [1.29, 1.82) is 0 Å². The van der Waals surface area contributed by atoms with Crippen LogP contribution in [0.4, 0.5) is 11.4 Å². The van der Waals surface area contributed by atoms with Crippen molar-refractivity contribution in [3.8, 4) is 0 Å². The molecule has 21 heavy (non-hydrogen) atoms. The predicted octanol–water partition coefficient (Wildman–Crippen LogP) is 3.38. The molecular weight excluding hydrogens is 266 g/mol. The Balaban J connectivity index is 2.01. The first-order valence-electron chi connectivity index (χ1n) is 6.47. The van der Waals surface area contributed by atoms with Gasteiger partial charge in [0.2, 0.25) is 0 Å². The number of benzene rings is 2. The lowest BCUT2D eigenvalue weighted by atomic mass is 10.1. The van der Waals surface area contributed by atoms with Crippen LogP contribution in [0.15, 0.2) is 48.5 Å². The molecule has 0 atom stereocenters. The summed E-state index contributed by atoms with van der Waals surface area (Å²) < 4.78 is 0. The van der Waals surface area contributed by atoms with E-state index in [-0.39, 0.29) is 5.56 Å². The Kier molecular flexibility index (Phi) is 3.23. The van der Waals surface area contributed by atoms with Crippen molar-refractivity contribution in [3.63, 3.8) is 0 Å². The summed E-state index contributed by atoms with van der Waals surface area (Å²) in [6, 6.07) is 14.3. The fourth-order valence-corrected chi connectivity index (χ4v) is 2.14. The van der Waals surface area contributed by atoms with Crippen LogP contribution in [-0.2, 0) is 0 Å². The van der Waals surface area contributed by atoms with Gasteiger partial charge in [-0.3, -0.25) is 0 Å². The molecule has 0 bridgehead atoms. The van der Waals surface area contributed by atoms with Crippen molar-refractivity contribution in [3.05, 3.63) is 59.8 Å². The Morgan fingerprint density at radius 2 is 1.76 bits per heavy atom. The number of carboxylic acids is 1. The monoisotopic (exact) mass is 279 g/mol. The van der Waals surface area contributed by atoms with Crippen LogP contribution < -0.4 is 5.32 Å². The maximum absolute atomic E-state index is 10.9. The number of aryl methyl sites for hydroxylation is 1. The molecule has 1 aromatic heterocycles. The van der Waals surface area contributed by atoms with Gasteiger partial charge in [0, 0.05) is 11.1 Å². The number of nitrogens with zero attached hydrogens (tertiary/aromatic N) is 2. The second-order valence-corrected chi connectivity index (χ2v) is 4.69. The van der Waals surface area contributed by atoms with Gasteiger partial charge < -0.3 is 10.4 Å². The van der Waals surface area contributed by atoms with E-state index in [0.717, 1.165) is 28.0 Å². The maximum atomic E-state index is 10.9. The largest absolute Gasteiger partial charge is 0.478 e. The first-order chi connectivity index (χ1) is 10.1. The Hall–Kier alpha value is -2.95. The summed E-state index contributed by atoms with van der Waals surface area (Å²) in [6.45, 7) is 1.88. The lowest BCUT2D eigenvalue weighted by Crippen LogP contribution is -2.00. The average Bonchev–Trinajstić information content (AvgIpc) is 2.51. The summed E-state index contributed by atoms with van der Waals surface area (Å²) in [6.07, 6.45) is 0. The molecule has 0 saturated carbocycles. The molecular formula is C16H13N3O2. The fourth-order valence-electron chi connectivity index (χ4n) is 2.14. The van der Waals surface area contributed by atoms with Gasteiger partial charge in [0.25, 0.3) is 0 Å². The summed E-state index contributed by atoms with van der Waals surface area (Å²) in [5.41, 5.74) is 3.55. The molecule has 0 spiro atoms. The molecule has 0 unspecified atom stereocenters. The first-order valence-corrected chi connectivity index (χ1v) is 6.47. The Labute approximate surface area is 121 Å². The van der Waals surface area contributed by atoms with Crippen molar-refractivity contribution >= 4 is 28.2 Å². The van der Waals surface area contributed by atoms with E-state index in [2.05, 4.69) is 15.5 Å². The zero-order valence-electron chi connectivity index (χ0n) is 11.4. The zero-order chi connectivity index (χ0) is 14.8. The minimum Gasteiger partial charge on any atom is -0.478 e. The second kappa shape index (κ2) is 5.20. The van der Waals surface area contributed by atoms with E-state index in [0.29, 0.717) is 0 Å². The van der Waals surface area contributed by atoms with Crippen LogP contribution in [0.5, 0.6) is 0 Å². The number of rotatable bonds is 3. The van der Waals surface area contributed by atoms with E-state index in [1.165, 1.54) is 0 Å². The van der Waals surface area contributed by atoms with Crippen LogP contribution in [0.2, 0.25) is 0 Å². The number of hydrogen-bond donors (Lipinski definition) is 2. The van der Waals surface area contributed by atoms with Gasteiger partial charge in [-0.15, -0.1) is 0 Å². The molecule has 2 N–H and O–H groups in total. The number of carboxylic acid groups (broad SMARTS) is 1. The van der Waals surface area contributed by atoms with Gasteiger partial charge in [0.1, 0.15) is 0 Å². The summed E-state index contributed by atoms with van der Waals surface area (Å²) in [5.74, 6) is -0.936. The van der Waals surface area contributed by atoms with Gasteiger partial charge in [0.05, 0.1) is 22.5 Å². The Bertz CT molecular complexity index is 813. The molecule has 0 aliphatic rings. The third kappa shape index (κ3) is 2.53. The molecule has 0 aliphatic heterocycles. The molecule has 3 rings (SSSR count). The number of aromatic carboxylic acids is 1. The fraction of sp³-hybridized carbons (Fsp3) is 0.0625. The van der Waals surface area contributed by atoms with E-state index in [4.69, 9.17) is 5.11 Å². The first kappa shape index (κ1) is 13.1. The van der Waals surface area contributed by atoms with E-state index in [1.54, 1.807) is 24.3 Å². The van der Waals surface area contributed by atoms with Gasteiger partial charge in [-0.05, 0) is 37.3 Å². The zero-order valence-corrected chi connectivity index (χ0v) is 11.4. The van der Waals surface area contributed by atoms with Crippen molar-refractivity contribution in [2.75, 3.05) is 5.32 Å². The van der Waals surface area contributed by atoms with Gasteiger partial charge >= 0.3 is 5.97 Å². The quantitative estimate of drug-likeness (QED) is 0.768. The molecule has 0 fully saturated rings. The van der Waals surface area contributed by atoms with Gasteiger partial charge in [-0.25, -0.2) is 4.79 Å².